The fraction of sp³-hybridized carbons (Fsp3) is 0.371. The molecule has 0 unspecified atom stereocenters. The van der Waals surface area contributed by atoms with E-state index in [0.717, 1.165) is 30.8 Å². The van der Waals surface area contributed by atoms with Crippen molar-refractivity contribution in [3.63, 3.8) is 0 Å². The van der Waals surface area contributed by atoms with Crippen LogP contribution in [-0.4, -0.2) is 97.4 Å². The first-order valence-corrected chi connectivity index (χ1v) is 15.9. The van der Waals surface area contributed by atoms with Crippen LogP contribution < -0.4 is 20.7 Å². The number of hydrogen-bond acceptors (Lipinski definition) is 8. The van der Waals surface area contributed by atoms with E-state index in [-0.39, 0.29) is 35.8 Å². The molecule has 2 aromatic carbocycles. The molecule has 2 aromatic heterocycles. The van der Waals surface area contributed by atoms with Gasteiger partial charge in [0.05, 0.1) is 43.8 Å². The summed E-state index contributed by atoms with van der Waals surface area (Å²) >= 11 is 0. The molecule has 12 nitrogen and oxygen atoms in total. The summed E-state index contributed by atoms with van der Waals surface area (Å²) in [6.45, 7) is 5.90. The monoisotopic (exact) mass is 639 g/mol. The number of aromatic nitrogens is 3. The Morgan fingerprint density at radius 2 is 1.79 bits per heavy atom. The maximum Gasteiger partial charge on any atom is 0.320 e. The lowest BCUT2D eigenvalue weighted by molar-refractivity contribution is 0.0926. The third-order valence-corrected chi connectivity index (χ3v) is 8.73. The van der Waals surface area contributed by atoms with Crippen molar-refractivity contribution in [1.82, 2.24) is 30.3 Å². The van der Waals surface area contributed by atoms with Crippen LogP contribution in [-0.2, 0) is 9.47 Å². The van der Waals surface area contributed by atoms with Crippen LogP contribution in [0.5, 0.6) is 5.88 Å². The van der Waals surface area contributed by atoms with E-state index in [0.29, 0.717) is 49.0 Å². The van der Waals surface area contributed by atoms with Gasteiger partial charge in [-0.25, -0.2) is 14.5 Å². The van der Waals surface area contributed by atoms with Gasteiger partial charge >= 0.3 is 6.03 Å². The van der Waals surface area contributed by atoms with Gasteiger partial charge in [0, 0.05) is 56.6 Å². The van der Waals surface area contributed by atoms with Crippen molar-refractivity contribution >= 4 is 17.8 Å². The van der Waals surface area contributed by atoms with Crippen LogP contribution in [0.2, 0.25) is 0 Å². The summed E-state index contributed by atoms with van der Waals surface area (Å²) in [7, 11) is 3.18. The zero-order valence-electron chi connectivity index (χ0n) is 26.9. The molecule has 6 rings (SSSR count). The summed E-state index contributed by atoms with van der Waals surface area (Å²) in [6, 6.07) is 21.1. The fourth-order valence-electron chi connectivity index (χ4n) is 6.28. The Balaban J connectivity index is 1.29. The number of hydrogen-bond donors (Lipinski definition) is 3. The van der Waals surface area contributed by atoms with Crippen molar-refractivity contribution in [2.75, 3.05) is 59.0 Å². The Labute approximate surface area is 274 Å². The minimum absolute atomic E-state index is 0.0717. The second-order valence-electron chi connectivity index (χ2n) is 11.9. The molecule has 2 aliphatic rings. The average Bonchev–Trinajstić information content (AvgIpc) is 3.84. The number of benzene rings is 2. The lowest BCUT2D eigenvalue weighted by Gasteiger charge is -2.21. The van der Waals surface area contributed by atoms with Crippen LogP contribution >= 0.6 is 0 Å². The number of anilines is 1. The van der Waals surface area contributed by atoms with Crippen LogP contribution in [0.1, 0.15) is 33.8 Å². The van der Waals surface area contributed by atoms with Crippen molar-refractivity contribution in [3.8, 4) is 22.8 Å². The molecule has 2 fully saturated rings. The molecule has 0 radical (unpaired) electrons. The second kappa shape index (κ2) is 14.8. The number of ether oxygens (including phenoxy) is 3. The molecule has 0 bridgehead atoms. The van der Waals surface area contributed by atoms with Crippen molar-refractivity contribution < 1.29 is 23.8 Å². The molecule has 246 valence electrons. The van der Waals surface area contributed by atoms with Crippen LogP contribution in [0.3, 0.4) is 0 Å². The number of likely N-dealkylation sites (tertiary alicyclic amines) is 1. The molecule has 12 heteroatoms. The molecule has 4 heterocycles. The zero-order chi connectivity index (χ0) is 32.8. The third kappa shape index (κ3) is 7.30. The Morgan fingerprint density at radius 3 is 2.49 bits per heavy atom. The zero-order valence-corrected chi connectivity index (χ0v) is 26.9. The van der Waals surface area contributed by atoms with E-state index in [1.807, 2.05) is 55.5 Å². The molecule has 47 heavy (non-hydrogen) atoms. The molecule has 3 N–H and O–H groups in total. The second-order valence-corrected chi connectivity index (χ2v) is 11.9. The highest BCUT2D eigenvalue weighted by molar-refractivity contribution is 5.98. The van der Waals surface area contributed by atoms with Crippen molar-refractivity contribution in [1.29, 1.82) is 0 Å². The molecule has 0 saturated carbocycles. The van der Waals surface area contributed by atoms with Gasteiger partial charge in [-0.3, -0.25) is 15.0 Å². The SMILES string of the molecule is COCCN1C[C@@H](NC(=O)Nc2c(C)c(-c3cnc(OC)c(C(=O)N[C@H]4CCOC4)c3)nn2-c2ccccc2)[C@H](c2ccccc2)C1. The normalized spacial score (nSPS) is 19.4. The summed E-state index contributed by atoms with van der Waals surface area (Å²) in [5, 5.41) is 14.3. The summed E-state index contributed by atoms with van der Waals surface area (Å²) in [5.74, 6) is 0.556. The number of rotatable bonds is 11. The smallest absolute Gasteiger partial charge is 0.320 e. The molecular formula is C35H41N7O5. The average molecular weight is 640 g/mol. The van der Waals surface area contributed by atoms with Crippen molar-refractivity contribution in [2.45, 2.75) is 31.3 Å². The Hall–Kier alpha value is -4.78. The molecule has 3 atom stereocenters. The molecule has 2 saturated heterocycles. The summed E-state index contributed by atoms with van der Waals surface area (Å²) < 4.78 is 17.9. The van der Waals surface area contributed by atoms with Gasteiger partial charge in [-0.05, 0) is 37.1 Å². The predicted molar refractivity (Wildman–Crippen MR) is 178 cm³/mol. The van der Waals surface area contributed by atoms with Crippen molar-refractivity contribution in [3.05, 3.63) is 89.6 Å². The maximum atomic E-state index is 13.7. The van der Waals surface area contributed by atoms with Crippen LogP contribution in [0.25, 0.3) is 16.9 Å². The summed E-state index contributed by atoms with van der Waals surface area (Å²) in [6.07, 6.45) is 2.37. The van der Waals surface area contributed by atoms with Crippen LogP contribution in [0.4, 0.5) is 10.6 Å². The van der Waals surface area contributed by atoms with Gasteiger partial charge in [-0.2, -0.15) is 5.10 Å². The van der Waals surface area contributed by atoms with Gasteiger partial charge < -0.3 is 24.8 Å². The number of pyridine rings is 1. The fourth-order valence-corrected chi connectivity index (χ4v) is 6.28. The van der Waals surface area contributed by atoms with Crippen molar-refractivity contribution in [2.24, 2.45) is 0 Å². The molecule has 3 amide bonds. The van der Waals surface area contributed by atoms with Gasteiger partial charge in [-0.1, -0.05) is 48.5 Å². The topological polar surface area (TPSA) is 132 Å². The van der Waals surface area contributed by atoms with E-state index in [9.17, 15) is 9.59 Å². The molecule has 0 aliphatic carbocycles. The highest BCUT2D eigenvalue weighted by Gasteiger charge is 2.35. The minimum Gasteiger partial charge on any atom is -0.480 e. The number of carbonyl (C=O) groups excluding carboxylic acids is 2. The number of para-hydroxylation sites is 1. The number of carbonyl (C=O) groups is 2. The number of nitrogens with zero attached hydrogens (tertiary/aromatic N) is 4. The number of amides is 3. The number of methoxy groups -OCH3 is 2. The number of nitrogens with one attached hydrogen (secondary N) is 3. The first-order chi connectivity index (χ1) is 22.9. The molecule has 0 spiro atoms. The standard InChI is InChI=1S/C35H41N7O5/c1-23-31(25-18-28(34(46-3)36-19-25)33(43)37-26-14-16-47-22-26)40-42(27-12-8-5-9-13-27)32(23)39-35(44)38-30-21-41(15-17-45-2)20-29(30)24-10-6-4-7-11-24/h4-13,18-19,26,29-30H,14-17,20-22H2,1-3H3,(H,37,43)(H2,38,39,44)/t26-,29-,30+/m0/s1. The lowest BCUT2D eigenvalue weighted by atomic mass is 9.94. The lowest BCUT2D eigenvalue weighted by Crippen LogP contribution is -2.42. The van der Waals surface area contributed by atoms with Gasteiger partial charge in [0.2, 0.25) is 5.88 Å². The Bertz CT molecular complexity index is 1670. The first kappa shape index (κ1) is 32.2. The van der Waals surface area contributed by atoms with Crippen LogP contribution in [0.15, 0.2) is 72.9 Å². The van der Waals surface area contributed by atoms with Gasteiger partial charge in [0.25, 0.3) is 5.91 Å². The molecule has 2 aliphatic heterocycles. The quantitative estimate of drug-likeness (QED) is 0.225. The molecule has 4 aromatic rings. The summed E-state index contributed by atoms with van der Waals surface area (Å²) in [4.78, 5) is 33.8. The van der Waals surface area contributed by atoms with E-state index in [1.54, 1.807) is 24.1 Å². The Kier molecular flexibility index (Phi) is 10.1. The van der Waals surface area contributed by atoms with Gasteiger partial charge in [0.1, 0.15) is 11.4 Å². The van der Waals surface area contributed by atoms with Crippen LogP contribution in [0, 0.1) is 6.92 Å². The van der Waals surface area contributed by atoms with E-state index < -0.39 is 0 Å². The largest absolute Gasteiger partial charge is 0.480 e. The van der Waals surface area contributed by atoms with Gasteiger partial charge in [0.15, 0.2) is 0 Å². The van der Waals surface area contributed by atoms with E-state index in [1.165, 1.54) is 12.7 Å². The van der Waals surface area contributed by atoms with E-state index in [4.69, 9.17) is 19.3 Å². The maximum absolute atomic E-state index is 13.7. The van der Waals surface area contributed by atoms with Gasteiger partial charge in [-0.15, -0.1) is 0 Å². The highest BCUT2D eigenvalue weighted by atomic mass is 16.5. The highest BCUT2D eigenvalue weighted by Crippen LogP contribution is 2.33. The third-order valence-electron chi connectivity index (χ3n) is 8.73. The number of urea groups is 1. The molecular weight excluding hydrogens is 598 g/mol. The predicted octanol–water partition coefficient (Wildman–Crippen LogP) is 4.01. The van der Waals surface area contributed by atoms with E-state index in [2.05, 4.69) is 38.0 Å². The minimum atomic E-state index is -0.331. The summed E-state index contributed by atoms with van der Waals surface area (Å²) in [5.41, 5.74) is 4.15. The first-order valence-electron chi connectivity index (χ1n) is 15.9. The van der Waals surface area contributed by atoms with E-state index >= 15 is 0 Å². The Morgan fingerprint density at radius 1 is 1.02 bits per heavy atom.